The normalized spacial score (nSPS) is 11.7. The average molecular weight is 345 g/mol. The second-order valence-corrected chi connectivity index (χ2v) is 7.62. The van der Waals surface area contributed by atoms with Crippen molar-refractivity contribution in [2.24, 2.45) is 0 Å². The van der Waals surface area contributed by atoms with Crippen LogP contribution < -0.4 is 10.0 Å². The zero-order chi connectivity index (χ0) is 15.3. The van der Waals surface area contributed by atoms with Crippen LogP contribution in [0.2, 0.25) is 5.02 Å². The highest BCUT2D eigenvalue weighted by Gasteiger charge is 2.19. The summed E-state index contributed by atoms with van der Waals surface area (Å²) in [5.74, 6) is 0. The summed E-state index contributed by atoms with van der Waals surface area (Å²) in [6, 6.07) is 8.77. The molecule has 0 aliphatic carbocycles. The Balaban J connectivity index is 2.10. The molecule has 0 spiro atoms. The van der Waals surface area contributed by atoms with Gasteiger partial charge in [0.15, 0.2) is 0 Å². The van der Waals surface area contributed by atoms with Gasteiger partial charge in [-0.1, -0.05) is 30.7 Å². The van der Waals surface area contributed by atoms with E-state index < -0.39 is 10.0 Å². The Hall–Kier alpha value is -0.920. The maximum atomic E-state index is 12.4. The van der Waals surface area contributed by atoms with Crippen molar-refractivity contribution in [3.05, 3.63) is 51.2 Å². The third-order valence-corrected chi connectivity index (χ3v) is 5.66. The largest absolute Gasteiger partial charge is 0.312 e. The first-order valence-corrected chi connectivity index (χ1v) is 9.28. The van der Waals surface area contributed by atoms with Crippen molar-refractivity contribution in [1.82, 2.24) is 10.0 Å². The molecule has 2 aromatic rings. The van der Waals surface area contributed by atoms with Gasteiger partial charge in [-0.25, -0.2) is 13.1 Å². The Morgan fingerprint density at radius 3 is 2.76 bits per heavy atom. The maximum Gasteiger partial charge on any atom is 0.242 e. The van der Waals surface area contributed by atoms with Crippen molar-refractivity contribution >= 4 is 33.0 Å². The molecule has 2 N–H and O–H groups in total. The summed E-state index contributed by atoms with van der Waals surface area (Å²) in [6.07, 6.45) is 0. The molecule has 114 valence electrons. The SMILES string of the molecule is CCNCc1sccc1S(=O)(=O)NCc1cccc(Cl)c1. The van der Waals surface area contributed by atoms with Crippen molar-refractivity contribution in [1.29, 1.82) is 0 Å². The van der Waals surface area contributed by atoms with E-state index in [0.717, 1.165) is 17.0 Å². The number of halogens is 1. The van der Waals surface area contributed by atoms with E-state index in [0.29, 0.717) is 16.5 Å². The lowest BCUT2D eigenvalue weighted by Gasteiger charge is -2.08. The highest BCUT2D eigenvalue weighted by Crippen LogP contribution is 2.22. The van der Waals surface area contributed by atoms with Crippen LogP contribution in [-0.4, -0.2) is 15.0 Å². The number of benzene rings is 1. The molecule has 0 fully saturated rings. The molecular weight excluding hydrogens is 328 g/mol. The molecule has 0 saturated heterocycles. The minimum Gasteiger partial charge on any atom is -0.312 e. The number of sulfonamides is 1. The quantitative estimate of drug-likeness (QED) is 0.811. The van der Waals surface area contributed by atoms with Crippen LogP contribution in [-0.2, 0) is 23.1 Å². The highest BCUT2D eigenvalue weighted by molar-refractivity contribution is 7.89. The van der Waals surface area contributed by atoms with Crippen LogP contribution >= 0.6 is 22.9 Å². The van der Waals surface area contributed by atoms with E-state index in [9.17, 15) is 8.42 Å². The van der Waals surface area contributed by atoms with E-state index in [4.69, 9.17) is 11.6 Å². The van der Waals surface area contributed by atoms with Gasteiger partial charge in [0.25, 0.3) is 0 Å². The first kappa shape index (κ1) is 16.5. The molecule has 0 atom stereocenters. The number of hydrogen-bond donors (Lipinski definition) is 2. The van der Waals surface area contributed by atoms with Gasteiger partial charge in [0.2, 0.25) is 10.0 Å². The van der Waals surface area contributed by atoms with Crippen LogP contribution in [0.15, 0.2) is 40.6 Å². The van der Waals surface area contributed by atoms with Gasteiger partial charge in [-0.05, 0) is 35.7 Å². The smallest absolute Gasteiger partial charge is 0.242 e. The summed E-state index contributed by atoms with van der Waals surface area (Å²) >= 11 is 7.33. The second kappa shape index (κ2) is 7.38. The molecule has 0 amide bonds. The second-order valence-electron chi connectivity index (χ2n) is 4.44. The van der Waals surface area contributed by atoms with Gasteiger partial charge in [-0.3, -0.25) is 0 Å². The van der Waals surface area contributed by atoms with Crippen molar-refractivity contribution in [2.45, 2.75) is 24.9 Å². The molecule has 0 unspecified atom stereocenters. The summed E-state index contributed by atoms with van der Waals surface area (Å²) in [5, 5.41) is 5.53. The van der Waals surface area contributed by atoms with Crippen molar-refractivity contribution in [3.63, 3.8) is 0 Å². The number of rotatable bonds is 7. The molecule has 1 aromatic heterocycles. The topological polar surface area (TPSA) is 58.2 Å². The summed E-state index contributed by atoms with van der Waals surface area (Å²) in [6.45, 7) is 3.56. The lowest BCUT2D eigenvalue weighted by Crippen LogP contribution is -2.24. The molecule has 2 rings (SSSR count). The van der Waals surface area contributed by atoms with Gasteiger partial charge < -0.3 is 5.32 Å². The fourth-order valence-corrected chi connectivity index (χ4v) is 4.48. The summed E-state index contributed by atoms with van der Waals surface area (Å²) < 4.78 is 27.4. The molecular formula is C14H17ClN2O2S2. The highest BCUT2D eigenvalue weighted by atomic mass is 35.5. The molecule has 0 aliphatic heterocycles. The lowest BCUT2D eigenvalue weighted by atomic mass is 10.2. The number of hydrogen-bond acceptors (Lipinski definition) is 4. The molecule has 21 heavy (non-hydrogen) atoms. The molecule has 0 saturated carbocycles. The summed E-state index contributed by atoms with van der Waals surface area (Å²) in [7, 11) is -3.51. The standard InChI is InChI=1S/C14H17ClN2O2S2/c1-2-16-10-13-14(6-7-20-13)21(18,19)17-9-11-4-3-5-12(15)8-11/h3-8,16-17H,2,9-10H2,1H3. The third kappa shape index (κ3) is 4.52. The predicted molar refractivity (Wildman–Crippen MR) is 87.2 cm³/mol. The van der Waals surface area contributed by atoms with E-state index in [1.165, 1.54) is 11.3 Å². The van der Waals surface area contributed by atoms with E-state index in [1.54, 1.807) is 29.6 Å². The van der Waals surface area contributed by atoms with Crippen molar-refractivity contribution in [3.8, 4) is 0 Å². The molecule has 0 aliphatic rings. The molecule has 4 nitrogen and oxygen atoms in total. The first-order chi connectivity index (χ1) is 10.0. The van der Waals surface area contributed by atoms with E-state index in [-0.39, 0.29) is 6.54 Å². The molecule has 1 heterocycles. The number of thiophene rings is 1. The lowest BCUT2D eigenvalue weighted by molar-refractivity contribution is 0.579. The van der Waals surface area contributed by atoms with Crippen molar-refractivity contribution < 1.29 is 8.42 Å². The third-order valence-electron chi connectivity index (χ3n) is 2.88. The van der Waals surface area contributed by atoms with Gasteiger partial charge in [-0.15, -0.1) is 11.3 Å². The number of nitrogens with one attached hydrogen (secondary N) is 2. The van der Waals surface area contributed by atoms with Crippen LogP contribution in [0.25, 0.3) is 0 Å². The Morgan fingerprint density at radius 2 is 2.05 bits per heavy atom. The molecule has 1 aromatic carbocycles. The van der Waals surface area contributed by atoms with E-state index >= 15 is 0 Å². The first-order valence-electron chi connectivity index (χ1n) is 6.54. The van der Waals surface area contributed by atoms with Crippen LogP contribution in [0.4, 0.5) is 0 Å². The van der Waals surface area contributed by atoms with Gasteiger partial charge in [-0.2, -0.15) is 0 Å². The average Bonchev–Trinajstić information content (AvgIpc) is 2.92. The minimum atomic E-state index is -3.51. The fourth-order valence-electron chi connectivity index (χ4n) is 1.84. The molecule has 0 bridgehead atoms. The van der Waals surface area contributed by atoms with Gasteiger partial charge in [0.1, 0.15) is 0 Å². The zero-order valence-electron chi connectivity index (χ0n) is 11.6. The minimum absolute atomic E-state index is 0.222. The molecule has 0 radical (unpaired) electrons. The molecule has 7 heteroatoms. The Morgan fingerprint density at radius 1 is 1.24 bits per heavy atom. The Bertz CT molecular complexity index is 699. The Kier molecular flexibility index (Phi) is 5.78. The summed E-state index contributed by atoms with van der Waals surface area (Å²) in [5.41, 5.74) is 0.828. The van der Waals surface area contributed by atoms with Crippen LogP contribution in [0.5, 0.6) is 0 Å². The fraction of sp³-hybridized carbons (Fsp3) is 0.286. The van der Waals surface area contributed by atoms with Crippen LogP contribution in [0.1, 0.15) is 17.4 Å². The summed E-state index contributed by atoms with van der Waals surface area (Å²) in [4.78, 5) is 1.16. The maximum absolute atomic E-state index is 12.4. The van der Waals surface area contributed by atoms with Crippen LogP contribution in [0.3, 0.4) is 0 Å². The van der Waals surface area contributed by atoms with E-state index in [2.05, 4.69) is 10.0 Å². The monoisotopic (exact) mass is 344 g/mol. The van der Waals surface area contributed by atoms with Gasteiger partial charge in [0, 0.05) is 23.0 Å². The Labute approximate surface area is 134 Å². The predicted octanol–water partition coefficient (Wildman–Crippen LogP) is 2.99. The van der Waals surface area contributed by atoms with Gasteiger partial charge in [0.05, 0.1) is 4.90 Å². The van der Waals surface area contributed by atoms with E-state index in [1.807, 2.05) is 13.0 Å². The van der Waals surface area contributed by atoms with Crippen LogP contribution in [0, 0.1) is 0 Å². The van der Waals surface area contributed by atoms with Crippen molar-refractivity contribution in [2.75, 3.05) is 6.54 Å². The zero-order valence-corrected chi connectivity index (χ0v) is 14.0. The van der Waals surface area contributed by atoms with Gasteiger partial charge >= 0.3 is 0 Å².